The zero-order valence-corrected chi connectivity index (χ0v) is 8.37. The highest BCUT2D eigenvalue weighted by molar-refractivity contribution is 4.96. The van der Waals surface area contributed by atoms with Crippen molar-refractivity contribution in [2.24, 2.45) is 5.92 Å². The fourth-order valence-electron chi connectivity index (χ4n) is 2.12. The van der Waals surface area contributed by atoms with E-state index in [4.69, 9.17) is 0 Å². The lowest BCUT2D eigenvalue weighted by molar-refractivity contribution is -0.193. The third kappa shape index (κ3) is 2.59. The molecule has 2 unspecified atom stereocenters. The van der Waals surface area contributed by atoms with E-state index in [2.05, 4.69) is 5.32 Å². The number of nitrogens with one attached hydrogen (secondary N) is 1. The minimum Gasteiger partial charge on any atom is -0.309 e. The molecule has 0 aromatic heterocycles. The van der Waals surface area contributed by atoms with Gasteiger partial charge in [-0.1, -0.05) is 6.42 Å². The largest absolute Gasteiger partial charge is 0.391 e. The van der Waals surface area contributed by atoms with Gasteiger partial charge in [-0.3, -0.25) is 0 Å². The van der Waals surface area contributed by atoms with Crippen molar-refractivity contribution in [1.29, 1.82) is 0 Å². The lowest BCUT2D eigenvalue weighted by Gasteiger charge is -2.40. The molecule has 0 aromatic rings. The molecule has 6 heteroatoms. The molecule has 1 nitrogen and oxygen atoms in total. The fourth-order valence-corrected chi connectivity index (χ4v) is 2.12. The monoisotopic (exact) mass is 231 g/mol. The smallest absolute Gasteiger partial charge is 0.309 e. The number of halogens is 5. The van der Waals surface area contributed by atoms with Crippen molar-refractivity contribution in [3.8, 4) is 0 Å². The highest BCUT2D eigenvalue weighted by Crippen LogP contribution is 2.43. The molecule has 0 aliphatic heterocycles. The third-order valence-corrected chi connectivity index (χ3v) is 3.16. The molecule has 1 rings (SSSR count). The number of hydrogen-bond donors (Lipinski definition) is 1. The normalized spacial score (nSPS) is 33.4. The summed E-state index contributed by atoms with van der Waals surface area (Å²) in [6.45, 7) is 0. The molecule has 1 aliphatic rings. The maximum atomic E-state index is 12.7. The van der Waals surface area contributed by atoms with Gasteiger partial charge in [-0.2, -0.15) is 13.2 Å². The quantitative estimate of drug-likeness (QED) is 0.720. The molecule has 1 saturated carbocycles. The minimum absolute atomic E-state index is 0.0420. The Labute approximate surface area is 85.0 Å². The van der Waals surface area contributed by atoms with Crippen molar-refractivity contribution in [3.63, 3.8) is 0 Å². The molecular weight excluding hydrogens is 217 g/mol. The lowest BCUT2D eigenvalue weighted by atomic mass is 9.75. The van der Waals surface area contributed by atoms with Crippen LogP contribution >= 0.6 is 0 Å². The molecular formula is C9H14F5N. The van der Waals surface area contributed by atoms with E-state index >= 15 is 0 Å². The lowest BCUT2D eigenvalue weighted by Crippen LogP contribution is -2.54. The molecule has 0 aromatic carbocycles. The van der Waals surface area contributed by atoms with Crippen LogP contribution in [-0.2, 0) is 0 Å². The van der Waals surface area contributed by atoms with Gasteiger partial charge in [-0.05, 0) is 26.3 Å². The summed E-state index contributed by atoms with van der Waals surface area (Å²) >= 11 is 0. The Kier molecular flexibility index (Phi) is 3.58. The van der Waals surface area contributed by atoms with E-state index in [9.17, 15) is 22.0 Å². The van der Waals surface area contributed by atoms with E-state index in [1.54, 1.807) is 0 Å². The van der Waals surface area contributed by atoms with Crippen LogP contribution in [0.15, 0.2) is 0 Å². The van der Waals surface area contributed by atoms with Crippen molar-refractivity contribution in [3.05, 3.63) is 0 Å². The summed E-state index contributed by atoms with van der Waals surface area (Å²) in [5.41, 5.74) is -1.65. The summed E-state index contributed by atoms with van der Waals surface area (Å²) in [5.74, 6) is -1.60. The van der Waals surface area contributed by atoms with Gasteiger partial charge in [0, 0.05) is 0 Å². The molecule has 90 valence electrons. The van der Waals surface area contributed by atoms with E-state index < -0.39 is 30.5 Å². The summed E-state index contributed by atoms with van der Waals surface area (Å²) < 4.78 is 62.7. The van der Waals surface area contributed by atoms with Crippen LogP contribution in [0.4, 0.5) is 22.0 Å². The molecule has 0 bridgehead atoms. The zero-order valence-electron chi connectivity index (χ0n) is 8.37. The third-order valence-electron chi connectivity index (χ3n) is 3.16. The summed E-state index contributed by atoms with van der Waals surface area (Å²) in [5, 5.41) is 2.37. The summed E-state index contributed by atoms with van der Waals surface area (Å²) in [6, 6.07) is 0. The first-order valence-electron chi connectivity index (χ1n) is 4.85. The average Bonchev–Trinajstić information content (AvgIpc) is 2.16. The van der Waals surface area contributed by atoms with E-state index in [-0.39, 0.29) is 19.3 Å². The van der Waals surface area contributed by atoms with Gasteiger partial charge in [0.05, 0.1) is 11.5 Å². The first kappa shape index (κ1) is 12.7. The van der Waals surface area contributed by atoms with Gasteiger partial charge >= 0.3 is 6.18 Å². The molecule has 15 heavy (non-hydrogen) atoms. The molecule has 1 N–H and O–H groups in total. The topological polar surface area (TPSA) is 12.0 Å². The Morgan fingerprint density at radius 1 is 1.33 bits per heavy atom. The second-order valence-corrected chi connectivity index (χ2v) is 4.04. The van der Waals surface area contributed by atoms with Crippen molar-refractivity contribution >= 4 is 0 Å². The van der Waals surface area contributed by atoms with Gasteiger partial charge in [0.2, 0.25) is 0 Å². The molecule has 0 amide bonds. The van der Waals surface area contributed by atoms with Gasteiger partial charge in [-0.25, -0.2) is 8.78 Å². The van der Waals surface area contributed by atoms with Gasteiger partial charge in [0.25, 0.3) is 6.43 Å². The van der Waals surface area contributed by atoms with Crippen LogP contribution in [0.5, 0.6) is 0 Å². The van der Waals surface area contributed by atoms with Crippen LogP contribution in [0.25, 0.3) is 0 Å². The summed E-state index contributed by atoms with van der Waals surface area (Å²) in [6.07, 6.45) is -7.39. The second kappa shape index (κ2) is 4.23. The average molecular weight is 231 g/mol. The van der Waals surface area contributed by atoms with Crippen molar-refractivity contribution in [1.82, 2.24) is 5.32 Å². The van der Waals surface area contributed by atoms with E-state index in [0.29, 0.717) is 0 Å². The number of rotatable bonds is 2. The maximum absolute atomic E-state index is 12.7. The first-order chi connectivity index (χ1) is 6.82. The van der Waals surface area contributed by atoms with Crippen LogP contribution in [-0.4, -0.2) is 25.2 Å². The Hall–Kier alpha value is -0.390. The standard InChI is InChI=1S/C9H14F5N/c1-15-8(7(10)11)4-2-3-6(5-8)9(12,13)14/h6-7,15H,2-5H2,1H3. The number of alkyl halides is 5. The second-order valence-electron chi connectivity index (χ2n) is 4.04. The Morgan fingerprint density at radius 3 is 2.33 bits per heavy atom. The SMILES string of the molecule is CNC1(C(F)F)CCCC(C(F)(F)F)C1. The molecule has 0 saturated heterocycles. The van der Waals surface area contributed by atoms with Crippen molar-refractivity contribution in [2.75, 3.05) is 7.05 Å². The van der Waals surface area contributed by atoms with Crippen molar-refractivity contribution < 1.29 is 22.0 Å². The molecule has 1 fully saturated rings. The maximum Gasteiger partial charge on any atom is 0.391 e. The molecule has 0 heterocycles. The molecule has 2 atom stereocenters. The van der Waals surface area contributed by atoms with Crippen LogP contribution in [0, 0.1) is 5.92 Å². The Morgan fingerprint density at radius 2 is 1.93 bits per heavy atom. The Bertz CT molecular complexity index is 215. The van der Waals surface area contributed by atoms with Gasteiger partial charge in [0.15, 0.2) is 0 Å². The highest BCUT2D eigenvalue weighted by Gasteiger charge is 2.50. The molecule has 1 aliphatic carbocycles. The molecule has 0 radical (unpaired) electrons. The zero-order chi connectivity index (χ0) is 11.7. The van der Waals surface area contributed by atoms with E-state index in [1.165, 1.54) is 7.05 Å². The van der Waals surface area contributed by atoms with Gasteiger partial charge in [0.1, 0.15) is 0 Å². The summed E-state index contributed by atoms with van der Waals surface area (Å²) in [4.78, 5) is 0. The van der Waals surface area contributed by atoms with E-state index in [1.807, 2.05) is 0 Å². The fraction of sp³-hybridized carbons (Fsp3) is 1.00. The summed E-state index contributed by atoms with van der Waals surface area (Å²) in [7, 11) is 1.30. The van der Waals surface area contributed by atoms with Crippen LogP contribution < -0.4 is 5.32 Å². The highest BCUT2D eigenvalue weighted by atomic mass is 19.4. The van der Waals surface area contributed by atoms with Crippen LogP contribution in [0.2, 0.25) is 0 Å². The molecule has 0 spiro atoms. The van der Waals surface area contributed by atoms with Crippen LogP contribution in [0.1, 0.15) is 25.7 Å². The van der Waals surface area contributed by atoms with Crippen LogP contribution in [0.3, 0.4) is 0 Å². The Balaban J connectivity index is 2.78. The predicted octanol–water partition coefficient (Wildman–Crippen LogP) is 2.96. The van der Waals surface area contributed by atoms with E-state index in [0.717, 1.165) is 0 Å². The number of hydrogen-bond acceptors (Lipinski definition) is 1. The first-order valence-corrected chi connectivity index (χ1v) is 4.85. The van der Waals surface area contributed by atoms with Gasteiger partial charge in [-0.15, -0.1) is 0 Å². The van der Waals surface area contributed by atoms with Gasteiger partial charge < -0.3 is 5.32 Å². The van der Waals surface area contributed by atoms with Crippen molar-refractivity contribution in [2.45, 2.75) is 43.8 Å². The minimum atomic E-state index is -4.36. The predicted molar refractivity (Wildman–Crippen MR) is 45.8 cm³/mol.